The zero-order valence-electron chi connectivity index (χ0n) is 17.8. The van der Waals surface area contributed by atoms with Crippen molar-refractivity contribution in [1.82, 2.24) is 15.0 Å². The van der Waals surface area contributed by atoms with E-state index in [2.05, 4.69) is 25.6 Å². The Labute approximate surface area is 187 Å². The number of halogens is 3. The Morgan fingerprint density at radius 1 is 1.03 bits per heavy atom. The minimum Gasteiger partial charge on any atom is -0.362 e. The highest BCUT2D eigenvalue weighted by Gasteiger charge is 2.30. The first-order valence-electron chi connectivity index (χ1n) is 10.1. The second-order valence-electron chi connectivity index (χ2n) is 7.65. The molecular weight excluding hydrogens is 431 g/mol. The lowest BCUT2D eigenvalue weighted by Crippen LogP contribution is -2.13. The Hall–Kier alpha value is -4.01. The van der Waals surface area contributed by atoms with Crippen molar-refractivity contribution in [2.45, 2.75) is 26.1 Å². The number of anilines is 2. The monoisotopic (exact) mass is 451 g/mol. The van der Waals surface area contributed by atoms with E-state index in [-0.39, 0.29) is 17.5 Å². The molecule has 0 bridgehead atoms. The Balaban J connectivity index is 1.55. The van der Waals surface area contributed by atoms with Gasteiger partial charge in [0, 0.05) is 18.1 Å². The van der Waals surface area contributed by atoms with Gasteiger partial charge in [0.05, 0.1) is 34.4 Å². The molecule has 0 radical (unpaired) electrons. The number of fused-ring (bicyclic) bond motifs is 1. The molecule has 0 aliphatic rings. The van der Waals surface area contributed by atoms with Crippen molar-refractivity contribution in [1.29, 1.82) is 0 Å². The van der Waals surface area contributed by atoms with Gasteiger partial charge in [0.25, 0.3) is 5.91 Å². The number of hydrogen-bond acceptors (Lipinski definition) is 5. The molecule has 33 heavy (non-hydrogen) atoms. The first-order valence-corrected chi connectivity index (χ1v) is 10.1. The molecule has 0 saturated heterocycles. The molecule has 2 aromatic heterocycles. The van der Waals surface area contributed by atoms with Crippen LogP contribution in [0.4, 0.5) is 24.7 Å². The lowest BCUT2D eigenvalue weighted by Gasteiger charge is -2.17. The molecule has 0 aliphatic heterocycles. The van der Waals surface area contributed by atoms with Crippen LogP contribution in [-0.2, 0) is 6.18 Å². The first kappa shape index (κ1) is 22.2. The quantitative estimate of drug-likeness (QED) is 0.402. The van der Waals surface area contributed by atoms with Gasteiger partial charge in [-0.3, -0.25) is 14.8 Å². The van der Waals surface area contributed by atoms with E-state index in [1.807, 2.05) is 32.0 Å². The number of benzene rings is 2. The highest BCUT2D eigenvalue weighted by Crippen LogP contribution is 2.31. The maximum atomic E-state index is 13.0. The molecular formula is C24H20F3N5O. The van der Waals surface area contributed by atoms with Crippen LogP contribution < -0.4 is 10.6 Å². The fraction of sp³-hybridized carbons (Fsp3) is 0.167. The number of rotatable bonds is 5. The number of carbonyl (C=O) groups is 1. The van der Waals surface area contributed by atoms with Crippen LogP contribution in [0.1, 0.15) is 40.0 Å². The number of aryl methyl sites for hydroxylation is 1. The molecule has 2 N–H and O–H groups in total. The van der Waals surface area contributed by atoms with Gasteiger partial charge in [0.2, 0.25) is 0 Å². The van der Waals surface area contributed by atoms with Crippen LogP contribution in [0.3, 0.4) is 0 Å². The van der Waals surface area contributed by atoms with Crippen LogP contribution >= 0.6 is 0 Å². The van der Waals surface area contributed by atoms with Crippen LogP contribution in [0.25, 0.3) is 11.0 Å². The lowest BCUT2D eigenvalue weighted by molar-refractivity contribution is -0.137. The molecule has 9 heteroatoms. The third-order valence-corrected chi connectivity index (χ3v) is 5.02. The van der Waals surface area contributed by atoms with E-state index < -0.39 is 11.7 Å². The molecule has 1 amide bonds. The minimum absolute atomic E-state index is 0.149. The summed E-state index contributed by atoms with van der Waals surface area (Å²) in [6.07, 6.45) is 0.102. The van der Waals surface area contributed by atoms with Crippen molar-refractivity contribution in [3.05, 3.63) is 89.4 Å². The molecule has 168 valence electrons. The smallest absolute Gasteiger partial charge is 0.362 e. The maximum absolute atomic E-state index is 13.0. The molecule has 0 aliphatic carbocycles. The minimum atomic E-state index is -4.45. The number of carbonyl (C=O) groups excluding carboxylic acids is 1. The third-order valence-electron chi connectivity index (χ3n) is 5.02. The van der Waals surface area contributed by atoms with Gasteiger partial charge in [0.1, 0.15) is 5.82 Å². The van der Waals surface area contributed by atoms with E-state index in [1.165, 1.54) is 18.5 Å². The summed E-state index contributed by atoms with van der Waals surface area (Å²) in [7, 11) is 0. The number of aromatic nitrogens is 3. The van der Waals surface area contributed by atoms with Gasteiger partial charge in [-0.1, -0.05) is 6.07 Å². The third kappa shape index (κ3) is 5.25. The number of pyridine rings is 1. The molecule has 6 nitrogen and oxygen atoms in total. The van der Waals surface area contributed by atoms with Crippen LogP contribution in [0.2, 0.25) is 0 Å². The predicted molar refractivity (Wildman–Crippen MR) is 120 cm³/mol. The summed E-state index contributed by atoms with van der Waals surface area (Å²) in [6, 6.07) is 12.0. The Kier molecular flexibility index (Phi) is 5.95. The van der Waals surface area contributed by atoms with E-state index in [0.717, 1.165) is 23.3 Å². The second-order valence-corrected chi connectivity index (χ2v) is 7.65. The molecule has 1 atom stereocenters. The zero-order chi connectivity index (χ0) is 23.6. The second kappa shape index (κ2) is 8.85. The molecule has 2 aromatic carbocycles. The number of amides is 1. The SMILES string of the molecule is Cc1cc(NC(=O)c2cccnc2)cc([C@H](C)Nc2cnc3ccc(C(F)(F)F)cc3n2)c1. The molecule has 0 saturated carbocycles. The number of nitrogens with zero attached hydrogens (tertiary/aromatic N) is 3. The van der Waals surface area contributed by atoms with Crippen LogP contribution in [0.15, 0.2) is 67.1 Å². The van der Waals surface area contributed by atoms with Crippen molar-refractivity contribution < 1.29 is 18.0 Å². The van der Waals surface area contributed by atoms with E-state index in [0.29, 0.717) is 22.6 Å². The molecule has 2 heterocycles. The van der Waals surface area contributed by atoms with Crippen molar-refractivity contribution >= 4 is 28.4 Å². The predicted octanol–water partition coefficient (Wildman–Crippen LogP) is 5.78. The summed E-state index contributed by atoms with van der Waals surface area (Å²) in [4.78, 5) is 24.9. The highest BCUT2D eigenvalue weighted by molar-refractivity contribution is 6.04. The van der Waals surface area contributed by atoms with Gasteiger partial charge in [-0.2, -0.15) is 13.2 Å². The van der Waals surface area contributed by atoms with Crippen molar-refractivity contribution in [3.63, 3.8) is 0 Å². The van der Waals surface area contributed by atoms with Crippen LogP contribution in [0, 0.1) is 6.92 Å². The first-order chi connectivity index (χ1) is 15.7. The van der Waals surface area contributed by atoms with E-state index in [4.69, 9.17) is 0 Å². The highest BCUT2D eigenvalue weighted by atomic mass is 19.4. The molecule has 0 fully saturated rings. The summed E-state index contributed by atoms with van der Waals surface area (Å²) < 4.78 is 39.1. The number of nitrogens with one attached hydrogen (secondary N) is 2. The largest absolute Gasteiger partial charge is 0.416 e. The summed E-state index contributed by atoms with van der Waals surface area (Å²) in [5.74, 6) is 0.0675. The molecule has 0 unspecified atom stereocenters. The zero-order valence-corrected chi connectivity index (χ0v) is 17.8. The van der Waals surface area contributed by atoms with Crippen LogP contribution in [0.5, 0.6) is 0 Å². The average Bonchev–Trinajstić information content (AvgIpc) is 2.78. The number of hydrogen-bond donors (Lipinski definition) is 2. The fourth-order valence-corrected chi connectivity index (χ4v) is 3.40. The molecule has 0 spiro atoms. The summed E-state index contributed by atoms with van der Waals surface area (Å²) in [5, 5.41) is 6.03. The van der Waals surface area contributed by atoms with Gasteiger partial charge in [0.15, 0.2) is 0 Å². The summed E-state index contributed by atoms with van der Waals surface area (Å²) in [5.41, 5.74) is 2.60. The van der Waals surface area contributed by atoms with E-state index in [9.17, 15) is 18.0 Å². The molecule has 4 rings (SSSR count). The van der Waals surface area contributed by atoms with Gasteiger partial charge < -0.3 is 10.6 Å². The van der Waals surface area contributed by atoms with E-state index >= 15 is 0 Å². The topological polar surface area (TPSA) is 79.8 Å². The Morgan fingerprint density at radius 2 is 1.85 bits per heavy atom. The summed E-state index contributed by atoms with van der Waals surface area (Å²) in [6.45, 7) is 3.80. The average molecular weight is 451 g/mol. The van der Waals surface area contributed by atoms with Gasteiger partial charge in [-0.05, 0) is 67.4 Å². The van der Waals surface area contributed by atoms with Crippen molar-refractivity contribution in [2.75, 3.05) is 10.6 Å². The molecule has 4 aromatic rings. The Bertz CT molecular complexity index is 1310. The van der Waals surface area contributed by atoms with Crippen LogP contribution in [-0.4, -0.2) is 20.9 Å². The lowest BCUT2D eigenvalue weighted by atomic mass is 10.0. The van der Waals surface area contributed by atoms with E-state index in [1.54, 1.807) is 18.3 Å². The van der Waals surface area contributed by atoms with Gasteiger partial charge >= 0.3 is 6.18 Å². The fourth-order valence-electron chi connectivity index (χ4n) is 3.40. The van der Waals surface area contributed by atoms with Crippen molar-refractivity contribution in [2.24, 2.45) is 0 Å². The normalized spacial score (nSPS) is 12.4. The summed E-state index contributed by atoms with van der Waals surface area (Å²) >= 11 is 0. The van der Waals surface area contributed by atoms with Gasteiger partial charge in [-0.25, -0.2) is 4.98 Å². The van der Waals surface area contributed by atoms with Crippen molar-refractivity contribution in [3.8, 4) is 0 Å². The Morgan fingerprint density at radius 3 is 2.58 bits per heavy atom. The number of alkyl halides is 3. The van der Waals surface area contributed by atoms with Gasteiger partial charge in [-0.15, -0.1) is 0 Å². The standard InChI is InChI=1S/C24H20F3N5O/c1-14-8-17(10-19(9-14)31-23(33)16-4-3-7-28-12-16)15(2)30-22-13-29-20-6-5-18(24(25,26)27)11-21(20)32-22/h3-13,15H,1-2H3,(H,30,32)(H,31,33)/t15-/m0/s1. The maximum Gasteiger partial charge on any atom is 0.416 e.